The predicted molar refractivity (Wildman–Crippen MR) is 75.6 cm³/mol. The molecular formula is C13H14BrNOS. The number of halogens is 1. The van der Waals surface area contributed by atoms with Crippen molar-refractivity contribution >= 4 is 27.3 Å². The van der Waals surface area contributed by atoms with Crippen LogP contribution in [0.2, 0.25) is 0 Å². The molecule has 0 saturated heterocycles. The average Bonchev–Trinajstić information content (AvgIpc) is 2.75. The fraction of sp³-hybridized carbons (Fsp3) is 0.231. The summed E-state index contributed by atoms with van der Waals surface area (Å²) >= 11 is 5.19. The summed E-state index contributed by atoms with van der Waals surface area (Å²) in [7, 11) is 1.94. The van der Waals surface area contributed by atoms with Crippen LogP contribution in [0.15, 0.2) is 40.2 Å². The first-order chi connectivity index (χ1) is 8.29. The van der Waals surface area contributed by atoms with E-state index in [2.05, 4.69) is 38.8 Å². The van der Waals surface area contributed by atoms with Gasteiger partial charge < -0.3 is 10.1 Å². The largest absolute Gasteiger partial charge is 0.488 e. The lowest BCUT2D eigenvalue weighted by atomic mass is 10.2. The number of nitrogens with one attached hydrogen (secondary N) is 1. The van der Waals surface area contributed by atoms with Crippen LogP contribution in [0.4, 0.5) is 0 Å². The molecule has 17 heavy (non-hydrogen) atoms. The Labute approximate surface area is 114 Å². The highest BCUT2D eigenvalue weighted by Gasteiger charge is 2.02. The van der Waals surface area contributed by atoms with E-state index in [9.17, 15) is 0 Å². The zero-order chi connectivity index (χ0) is 12.1. The van der Waals surface area contributed by atoms with Gasteiger partial charge in [0.05, 0.1) is 4.88 Å². The second kappa shape index (κ2) is 6.19. The molecule has 1 heterocycles. The van der Waals surface area contributed by atoms with E-state index in [1.54, 1.807) is 11.3 Å². The van der Waals surface area contributed by atoms with Gasteiger partial charge in [-0.15, -0.1) is 11.3 Å². The van der Waals surface area contributed by atoms with Crippen LogP contribution in [0.25, 0.3) is 0 Å². The molecule has 0 unspecified atom stereocenters. The fourth-order valence-corrected chi connectivity index (χ4v) is 2.86. The summed E-state index contributed by atoms with van der Waals surface area (Å²) in [6, 6.07) is 10.2. The van der Waals surface area contributed by atoms with Crippen LogP contribution in [0, 0.1) is 0 Å². The molecule has 1 aromatic heterocycles. The van der Waals surface area contributed by atoms with Crippen LogP contribution in [-0.4, -0.2) is 7.05 Å². The predicted octanol–water partition coefficient (Wildman–Crippen LogP) is 3.81. The first kappa shape index (κ1) is 12.6. The highest BCUT2D eigenvalue weighted by molar-refractivity contribution is 9.10. The van der Waals surface area contributed by atoms with Crippen molar-refractivity contribution in [3.63, 3.8) is 0 Å². The quantitative estimate of drug-likeness (QED) is 0.906. The number of rotatable bonds is 5. The lowest BCUT2D eigenvalue weighted by Gasteiger charge is -2.06. The van der Waals surface area contributed by atoms with E-state index in [0.29, 0.717) is 6.61 Å². The molecule has 0 spiro atoms. The van der Waals surface area contributed by atoms with Gasteiger partial charge in [-0.25, -0.2) is 0 Å². The lowest BCUT2D eigenvalue weighted by Crippen LogP contribution is -2.04. The first-order valence-corrected chi connectivity index (χ1v) is 7.05. The second-order valence-corrected chi connectivity index (χ2v) is 5.51. The van der Waals surface area contributed by atoms with Gasteiger partial charge in [-0.2, -0.15) is 0 Å². The molecule has 4 heteroatoms. The Balaban J connectivity index is 1.93. The third kappa shape index (κ3) is 3.56. The molecule has 2 aromatic rings. The minimum atomic E-state index is 0.615. The van der Waals surface area contributed by atoms with Crippen molar-refractivity contribution < 1.29 is 4.74 Å². The monoisotopic (exact) mass is 311 g/mol. The molecule has 0 amide bonds. The van der Waals surface area contributed by atoms with Gasteiger partial charge in [0.2, 0.25) is 0 Å². The summed E-state index contributed by atoms with van der Waals surface area (Å²) in [5, 5.41) is 5.17. The summed E-state index contributed by atoms with van der Waals surface area (Å²) in [6.07, 6.45) is 0. The van der Waals surface area contributed by atoms with Gasteiger partial charge in [-0.3, -0.25) is 0 Å². The molecule has 90 valence electrons. The standard InChI is InChI=1S/C13H14BrNOS/c1-15-8-10-2-4-11(5-3-10)16-9-13-12(14)6-7-17-13/h2-7,15H,8-9H2,1H3. The Morgan fingerprint density at radius 2 is 2.00 bits per heavy atom. The second-order valence-electron chi connectivity index (χ2n) is 3.65. The molecule has 0 fully saturated rings. The molecule has 0 bridgehead atoms. The third-order valence-corrected chi connectivity index (χ3v) is 4.27. The molecule has 2 nitrogen and oxygen atoms in total. The third-order valence-electron chi connectivity index (χ3n) is 2.37. The van der Waals surface area contributed by atoms with Crippen molar-refractivity contribution in [2.45, 2.75) is 13.2 Å². The van der Waals surface area contributed by atoms with Crippen LogP contribution in [-0.2, 0) is 13.2 Å². The van der Waals surface area contributed by atoms with Crippen molar-refractivity contribution in [1.29, 1.82) is 0 Å². The van der Waals surface area contributed by atoms with Gasteiger partial charge in [0, 0.05) is 11.0 Å². The molecule has 0 aliphatic heterocycles. The van der Waals surface area contributed by atoms with E-state index in [4.69, 9.17) is 4.74 Å². The number of hydrogen-bond acceptors (Lipinski definition) is 3. The van der Waals surface area contributed by atoms with E-state index in [0.717, 1.165) is 16.8 Å². The van der Waals surface area contributed by atoms with Crippen molar-refractivity contribution in [1.82, 2.24) is 5.32 Å². The Kier molecular flexibility index (Phi) is 4.59. The highest BCUT2D eigenvalue weighted by atomic mass is 79.9. The van der Waals surface area contributed by atoms with E-state index >= 15 is 0 Å². The van der Waals surface area contributed by atoms with Crippen molar-refractivity contribution in [3.05, 3.63) is 50.6 Å². The Bertz CT molecular complexity index is 467. The highest BCUT2D eigenvalue weighted by Crippen LogP contribution is 2.24. The Morgan fingerprint density at radius 1 is 1.24 bits per heavy atom. The fourth-order valence-electron chi connectivity index (χ4n) is 1.48. The van der Waals surface area contributed by atoms with E-state index in [1.165, 1.54) is 10.4 Å². The van der Waals surface area contributed by atoms with Crippen LogP contribution >= 0.6 is 27.3 Å². The van der Waals surface area contributed by atoms with E-state index in [1.807, 2.05) is 25.2 Å². The van der Waals surface area contributed by atoms with Crippen LogP contribution < -0.4 is 10.1 Å². The first-order valence-electron chi connectivity index (χ1n) is 5.38. The molecule has 0 radical (unpaired) electrons. The maximum absolute atomic E-state index is 5.72. The van der Waals surface area contributed by atoms with Crippen LogP contribution in [0.1, 0.15) is 10.4 Å². The lowest BCUT2D eigenvalue weighted by molar-refractivity contribution is 0.309. The van der Waals surface area contributed by atoms with Gasteiger partial charge in [0.1, 0.15) is 12.4 Å². The number of hydrogen-bond donors (Lipinski definition) is 1. The summed E-state index contributed by atoms with van der Waals surface area (Å²) in [5.41, 5.74) is 1.26. The smallest absolute Gasteiger partial charge is 0.124 e. The molecule has 0 atom stereocenters. The summed E-state index contributed by atoms with van der Waals surface area (Å²) < 4.78 is 6.84. The summed E-state index contributed by atoms with van der Waals surface area (Å²) in [6.45, 7) is 1.50. The maximum Gasteiger partial charge on any atom is 0.124 e. The maximum atomic E-state index is 5.72. The molecule has 0 aliphatic rings. The summed E-state index contributed by atoms with van der Waals surface area (Å²) in [4.78, 5) is 1.21. The van der Waals surface area contributed by atoms with E-state index in [-0.39, 0.29) is 0 Å². The van der Waals surface area contributed by atoms with Gasteiger partial charge in [0.25, 0.3) is 0 Å². The Morgan fingerprint density at radius 3 is 2.59 bits per heavy atom. The van der Waals surface area contributed by atoms with Gasteiger partial charge in [-0.05, 0) is 52.1 Å². The topological polar surface area (TPSA) is 21.3 Å². The van der Waals surface area contributed by atoms with Crippen molar-refractivity contribution in [2.75, 3.05) is 7.05 Å². The number of thiophene rings is 1. The molecule has 0 aliphatic carbocycles. The minimum Gasteiger partial charge on any atom is -0.488 e. The Hall–Kier alpha value is -0.840. The SMILES string of the molecule is CNCc1ccc(OCc2sccc2Br)cc1. The van der Waals surface area contributed by atoms with Gasteiger partial charge in [0.15, 0.2) is 0 Å². The molecule has 1 N–H and O–H groups in total. The van der Waals surface area contributed by atoms with Gasteiger partial charge >= 0.3 is 0 Å². The van der Waals surface area contributed by atoms with Crippen molar-refractivity contribution in [3.8, 4) is 5.75 Å². The minimum absolute atomic E-state index is 0.615. The molecule has 0 saturated carbocycles. The van der Waals surface area contributed by atoms with Crippen LogP contribution in [0.3, 0.4) is 0 Å². The number of ether oxygens (including phenoxy) is 1. The molecule has 2 rings (SSSR count). The average molecular weight is 312 g/mol. The summed E-state index contributed by atoms with van der Waals surface area (Å²) in [5.74, 6) is 0.908. The molecular weight excluding hydrogens is 298 g/mol. The molecule has 1 aromatic carbocycles. The van der Waals surface area contributed by atoms with Crippen LogP contribution in [0.5, 0.6) is 5.75 Å². The zero-order valence-electron chi connectivity index (χ0n) is 9.57. The van der Waals surface area contributed by atoms with Crippen molar-refractivity contribution in [2.24, 2.45) is 0 Å². The normalized spacial score (nSPS) is 10.5. The number of benzene rings is 1. The zero-order valence-corrected chi connectivity index (χ0v) is 12.0. The van der Waals surface area contributed by atoms with E-state index < -0.39 is 0 Å². The van der Waals surface area contributed by atoms with Gasteiger partial charge in [-0.1, -0.05) is 12.1 Å².